The van der Waals surface area contributed by atoms with E-state index in [1.807, 2.05) is 11.8 Å². The minimum atomic E-state index is -0.250. The minimum absolute atomic E-state index is 0.0727. The molecule has 2 unspecified atom stereocenters. The van der Waals surface area contributed by atoms with Crippen molar-refractivity contribution in [3.63, 3.8) is 0 Å². The van der Waals surface area contributed by atoms with E-state index in [1.54, 1.807) is 0 Å². The van der Waals surface area contributed by atoms with Crippen molar-refractivity contribution in [1.29, 1.82) is 0 Å². The molecule has 0 radical (unpaired) electrons. The third-order valence-electron chi connectivity index (χ3n) is 5.51. The minimum Gasteiger partial charge on any atom is -0.342 e. The molecule has 4 heteroatoms. The molecule has 0 spiro atoms. The average Bonchev–Trinajstić information content (AvgIpc) is 3.32. The van der Waals surface area contributed by atoms with Gasteiger partial charge in [-0.15, -0.1) is 0 Å². The van der Waals surface area contributed by atoms with Gasteiger partial charge in [0.2, 0.25) is 11.8 Å². The van der Waals surface area contributed by atoms with Crippen LogP contribution in [0.5, 0.6) is 0 Å². The Morgan fingerprint density at radius 3 is 2.43 bits per heavy atom. The number of hydrogen-bond acceptors (Lipinski definition) is 2. The van der Waals surface area contributed by atoms with Crippen LogP contribution in [0.25, 0.3) is 0 Å². The lowest BCUT2D eigenvalue weighted by Crippen LogP contribution is -2.65. The Morgan fingerprint density at radius 2 is 1.81 bits per heavy atom. The number of nitrogens with zero attached hydrogens (tertiary/aromatic N) is 1. The van der Waals surface area contributed by atoms with Crippen LogP contribution in [0, 0.1) is 11.8 Å². The highest BCUT2D eigenvalue weighted by molar-refractivity contribution is 5.97. The van der Waals surface area contributed by atoms with Crippen molar-refractivity contribution in [2.75, 3.05) is 6.54 Å². The number of nitrogens with one attached hydrogen (secondary N) is 1. The Hall–Kier alpha value is -1.06. The summed E-state index contributed by atoms with van der Waals surface area (Å²) in [6.45, 7) is 2.78. The van der Waals surface area contributed by atoms with E-state index in [-0.39, 0.29) is 23.9 Å². The maximum Gasteiger partial charge on any atom is 0.246 e. The van der Waals surface area contributed by atoms with E-state index in [9.17, 15) is 9.59 Å². The van der Waals surface area contributed by atoms with E-state index in [0.717, 1.165) is 38.1 Å². The van der Waals surface area contributed by atoms with Crippen molar-refractivity contribution >= 4 is 11.8 Å². The number of amides is 2. The number of piperazine rings is 1. The molecule has 3 aliphatic rings. The molecule has 3 rings (SSSR count). The summed E-state index contributed by atoms with van der Waals surface area (Å²) in [7, 11) is 0. The zero-order valence-electron chi connectivity index (χ0n) is 13.1. The van der Waals surface area contributed by atoms with Gasteiger partial charge in [0.15, 0.2) is 0 Å². The molecule has 0 bridgehead atoms. The van der Waals surface area contributed by atoms with Gasteiger partial charge in [0, 0.05) is 6.54 Å². The van der Waals surface area contributed by atoms with Gasteiger partial charge in [-0.3, -0.25) is 9.59 Å². The third-order valence-corrected chi connectivity index (χ3v) is 5.51. The van der Waals surface area contributed by atoms with E-state index < -0.39 is 0 Å². The molecule has 1 aliphatic heterocycles. The molecular formula is C17H28N2O2. The SMILES string of the molecule is CCC1C(=O)NC(C2CCCCC2)C(=O)N1CCC1CC1. The van der Waals surface area contributed by atoms with Crippen LogP contribution in [0.2, 0.25) is 0 Å². The zero-order valence-corrected chi connectivity index (χ0v) is 13.1. The molecule has 1 heterocycles. The normalized spacial score (nSPS) is 31.4. The van der Waals surface area contributed by atoms with Crippen LogP contribution in [0.3, 0.4) is 0 Å². The van der Waals surface area contributed by atoms with Crippen molar-refractivity contribution < 1.29 is 9.59 Å². The van der Waals surface area contributed by atoms with E-state index in [4.69, 9.17) is 0 Å². The number of hydrogen-bond donors (Lipinski definition) is 1. The highest BCUT2D eigenvalue weighted by Gasteiger charge is 2.43. The molecule has 2 atom stereocenters. The summed E-state index contributed by atoms with van der Waals surface area (Å²) in [5, 5.41) is 3.04. The standard InChI is InChI=1S/C17H28N2O2/c1-2-14-16(20)18-15(13-6-4-3-5-7-13)17(21)19(14)11-10-12-8-9-12/h12-15H,2-11H2,1H3,(H,18,20). The van der Waals surface area contributed by atoms with Gasteiger partial charge in [-0.05, 0) is 37.5 Å². The van der Waals surface area contributed by atoms with Gasteiger partial charge < -0.3 is 10.2 Å². The van der Waals surface area contributed by atoms with E-state index in [2.05, 4.69) is 5.32 Å². The molecular weight excluding hydrogens is 264 g/mol. The van der Waals surface area contributed by atoms with Crippen molar-refractivity contribution in [2.45, 2.75) is 76.8 Å². The molecule has 3 fully saturated rings. The van der Waals surface area contributed by atoms with Gasteiger partial charge >= 0.3 is 0 Å². The fourth-order valence-electron chi connectivity index (χ4n) is 3.97. The fraction of sp³-hybridized carbons (Fsp3) is 0.882. The van der Waals surface area contributed by atoms with Gasteiger partial charge in [0.25, 0.3) is 0 Å². The number of rotatable bonds is 5. The van der Waals surface area contributed by atoms with Gasteiger partial charge in [0.05, 0.1) is 0 Å². The van der Waals surface area contributed by atoms with Crippen molar-refractivity contribution in [3.8, 4) is 0 Å². The average molecular weight is 292 g/mol. The Balaban J connectivity index is 1.70. The smallest absolute Gasteiger partial charge is 0.246 e. The Labute approximate surface area is 127 Å². The first-order chi connectivity index (χ1) is 10.2. The predicted octanol–water partition coefficient (Wildman–Crippen LogP) is 2.47. The largest absolute Gasteiger partial charge is 0.342 e. The monoisotopic (exact) mass is 292 g/mol. The molecule has 118 valence electrons. The lowest BCUT2D eigenvalue weighted by atomic mass is 9.82. The highest BCUT2D eigenvalue weighted by Crippen LogP contribution is 2.34. The molecule has 0 aromatic rings. The number of carbonyl (C=O) groups excluding carboxylic acids is 2. The third kappa shape index (κ3) is 3.24. The molecule has 4 nitrogen and oxygen atoms in total. The van der Waals surface area contributed by atoms with E-state index >= 15 is 0 Å². The Morgan fingerprint density at radius 1 is 1.10 bits per heavy atom. The first-order valence-electron chi connectivity index (χ1n) is 8.81. The van der Waals surface area contributed by atoms with Crippen LogP contribution in [0.1, 0.15) is 64.7 Å². The lowest BCUT2D eigenvalue weighted by Gasteiger charge is -2.42. The van der Waals surface area contributed by atoms with Gasteiger partial charge in [-0.2, -0.15) is 0 Å². The zero-order chi connectivity index (χ0) is 14.8. The molecule has 2 saturated carbocycles. The maximum absolute atomic E-state index is 12.9. The molecule has 0 aromatic heterocycles. The van der Waals surface area contributed by atoms with Gasteiger partial charge in [-0.1, -0.05) is 39.0 Å². The molecule has 2 amide bonds. The first-order valence-corrected chi connectivity index (χ1v) is 8.81. The molecule has 21 heavy (non-hydrogen) atoms. The molecule has 0 aromatic carbocycles. The van der Waals surface area contributed by atoms with Crippen LogP contribution in [-0.2, 0) is 9.59 Å². The fourth-order valence-corrected chi connectivity index (χ4v) is 3.97. The van der Waals surface area contributed by atoms with Crippen molar-refractivity contribution in [1.82, 2.24) is 10.2 Å². The predicted molar refractivity (Wildman–Crippen MR) is 81.6 cm³/mol. The first kappa shape index (κ1) is 14.9. The van der Waals surface area contributed by atoms with E-state index in [0.29, 0.717) is 5.92 Å². The van der Waals surface area contributed by atoms with Crippen LogP contribution < -0.4 is 5.32 Å². The summed E-state index contributed by atoms with van der Waals surface area (Å²) in [5.41, 5.74) is 0. The summed E-state index contributed by atoms with van der Waals surface area (Å²) in [6, 6.07) is -0.490. The molecule has 1 saturated heterocycles. The van der Waals surface area contributed by atoms with Crippen LogP contribution in [-0.4, -0.2) is 35.3 Å². The topological polar surface area (TPSA) is 49.4 Å². The molecule has 1 N–H and O–H groups in total. The maximum atomic E-state index is 12.9. The van der Waals surface area contributed by atoms with Gasteiger partial charge in [0.1, 0.15) is 12.1 Å². The van der Waals surface area contributed by atoms with Crippen LogP contribution in [0.15, 0.2) is 0 Å². The second-order valence-corrected chi connectivity index (χ2v) is 7.07. The van der Waals surface area contributed by atoms with E-state index in [1.165, 1.54) is 32.1 Å². The quantitative estimate of drug-likeness (QED) is 0.846. The van der Waals surface area contributed by atoms with Crippen molar-refractivity contribution in [2.24, 2.45) is 11.8 Å². The Kier molecular flexibility index (Phi) is 4.51. The highest BCUT2D eigenvalue weighted by atomic mass is 16.2. The summed E-state index contributed by atoms with van der Waals surface area (Å²) in [6.07, 6.45) is 10.2. The molecule has 2 aliphatic carbocycles. The summed E-state index contributed by atoms with van der Waals surface area (Å²) in [4.78, 5) is 27.2. The van der Waals surface area contributed by atoms with Crippen LogP contribution in [0.4, 0.5) is 0 Å². The Bertz CT molecular complexity index is 400. The second kappa shape index (κ2) is 6.37. The second-order valence-electron chi connectivity index (χ2n) is 7.07. The number of carbonyl (C=O) groups is 2. The summed E-state index contributed by atoms with van der Waals surface area (Å²) < 4.78 is 0. The van der Waals surface area contributed by atoms with Crippen molar-refractivity contribution in [3.05, 3.63) is 0 Å². The summed E-state index contributed by atoms with van der Waals surface area (Å²) >= 11 is 0. The van der Waals surface area contributed by atoms with Crippen LogP contribution >= 0.6 is 0 Å². The summed E-state index contributed by atoms with van der Waals surface area (Å²) in [5.74, 6) is 1.42. The lowest BCUT2D eigenvalue weighted by molar-refractivity contribution is -0.151. The van der Waals surface area contributed by atoms with Gasteiger partial charge in [-0.25, -0.2) is 0 Å².